The first-order chi connectivity index (χ1) is 19.5. The van der Waals surface area contributed by atoms with E-state index in [4.69, 9.17) is 8.85 Å². The van der Waals surface area contributed by atoms with Crippen molar-refractivity contribution in [2.75, 3.05) is 57.7 Å². The zero-order valence-corrected chi connectivity index (χ0v) is 22.8. The van der Waals surface area contributed by atoms with E-state index in [1.807, 2.05) is 11.9 Å². The predicted molar refractivity (Wildman–Crippen MR) is 150 cm³/mol. The van der Waals surface area contributed by atoms with Crippen molar-refractivity contribution >= 4 is 34.7 Å². The van der Waals surface area contributed by atoms with E-state index < -0.39 is 39.1 Å². The van der Waals surface area contributed by atoms with Gasteiger partial charge in [0.25, 0.3) is 0 Å². The van der Waals surface area contributed by atoms with Crippen molar-refractivity contribution in [2.24, 2.45) is 0 Å². The van der Waals surface area contributed by atoms with Crippen LogP contribution in [0.15, 0.2) is 42.5 Å². The number of hydrogen-bond donors (Lipinski definition) is 2. The maximum atomic E-state index is 14.7. The number of alkyl halides is 4. The number of nitrogens with zero attached hydrogens (tertiary/aromatic N) is 2. The molecule has 0 saturated carbocycles. The molecule has 2 N–H and O–H groups in total. The normalized spacial score (nSPS) is 19.9. The lowest BCUT2D eigenvalue weighted by atomic mass is 10.0. The minimum absolute atomic E-state index is 0.0415. The number of likely N-dealkylation sites (tertiary alicyclic amines) is 1. The summed E-state index contributed by atoms with van der Waals surface area (Å²) in [6.45, 7) is 2.75. The number of rotatable bonds is 7. The first kappa shape index (κ1) is 24.9. The average Bonchev–Trinajstić information content (AvgIpc) is 3.19. The molecule has 2 aromatic carbocycles. The van der Waals surface area contributed by atoms with Gasteiger partial charge in [-0.2, -0.15) is 13.2 Å². The molecule has 11 heteroatoms. The van der Waals surface area contributed by atoms with Gasteiger partial charge in [0.15, 0.2) is 0 Å². The van der Waals surface area contributed by atoms with E-state index in [0.29, 0.717) is 34.9 Å². The Morgan fingerprint density at radius 2 is 2.00 bits per heavy atom. The topological polar surface area (TPSA) is 58.5 Å². The molecule has 1 fully saturated rings. The van der Waals surface area contributed by atoms with E-state index >= 15 is 0 Å². The number of fused-ring (bicyclic) bond motifs is 1. The van der Waals surface area contributed by atoms with Crippen LogP contribution in [0.4, 0.5) is 28.9 Å². The van der Waals surface area contributed by atoms with Gasteiger partial charge in [0.1, 0.15) is 25.6 Å². The molecule has 0 aliphatic carbocycles. The molecule has 0 unspecified atom stereocenters. The zero-order chi connectivity index (χ0) is 30.9. The molecule has 0 radical (unpaired) electrons. The van der Waals surface area contributed by atoms with Crippen molar-refractivity contribution in [3.63, 3.8) is 0 Å². The zero-order valence-electron chi connectivity index (χ0n) is 24.9. The molecule has 0 spiro atoms. The minimum Gasteiger partial charge on any atom is -0.495 e. The van der Waals surface area contributed by atoms with Gasteiger partial charge < -0.3 is 29.4 Å². The Bertz CT molecular complexity index is 1540. The van der Waals surface area contributed by atoms with Gasteiger partial charge >= 0.3 is 6.18 Å². The summed E-state index contributed by atoms with van der Waals surface area (Å²) < 4.78 is 96.4. The van der Waals surface area contributed by atoms with Crippen LogP contribution in [0.3, 0.4) is 0 Å². The highest BCUT2D eigenvalue weighted by atomic mass is 31.2. The molecule has 39 heavy (non-hydrogen) atoms. The Kier molecular flexibility index (Phi) is 7.35. The van der Waals surface area contributed by atoms with E-state index in [1.54, 1.807) is 43.7 Å². The van der Waals surface area contributed by atoms with Crippen molar-refractivity contribution in [1.29, 1.82) is 0 Å². The Morgan fingerprint density at radius 1 is 1.21 bits per heavy atom. The average molecular weight is 568 g/mol. The summed E-state index contributed by atoms with van der Waals surface area (Å²) in [6, 6.07) is 10.5. The van der Waals surface area contributed by atoms with Gasteiger partial charge in [0.2, 0.25) is 0 Å². The number of halogens is 4. The Hall–Kier alpha value is -3.15. The summed E-state index contributed by atoms with van der Waals surface area (Å²) in [6.07, 6.45) is -5.09. The SMILES string of the molecule is [2H]C([2H])([2H])Oc1cc(P(C)(C)=O)ccc1NCC#Cc1cc2c(N[C@@H]3CCN(C)C[C@@H]3F)cccc2n1CC(F)(F)F. The third kappa shape index (κ3) is 7.09. The van der Waals surface area contributed by atoms with Crippen LogP contribution in [0, 0.1) is 11.8 Å². The molecular formula is C28H33F4N4O2P. The molecule has 2 heterocycles. The number of nitrogens with one attached hydrogen (secondary N) is 2. The molecule has 3 aromatic rings. The fourth-order valence-corrected chi connectivity index (χ4v) is 5.49. The second kappa shape index (κ2) is 11.5. The molecule has 1 aliphatic heterocycles. The van der Waals surface area contributed by atoms with Crippen LogP contribution in [0.2, 0.25) is 0 Å². The molecule has 6 nitrogen and oxygen atoms in total. The summed E-state index contributed by atoms with van der Waals surface area (Å²) in [5.41, 5.74) is 1.23. The van der Waals surface area contributed by atoms with Crippen LogP contribution in [0.25, 0.3) is 10.9 Å². The van der Waals surface area contributed by atoms with Crippen molar-refractivity contribution < 1.29 is 31.0 Å². The van der Waals surface area contributed by atoms with Gasteiger partial charge in [-0.25, -0.2) is 4.39 Å². The number of ether oxygens (including phenoxy) is 1. The summed E-state index contributed by atoms with van der Waals surface area (Å²) in [5, 5.41) is 7.05. The van der Waals surface area contributed by atoms with Gasteiger partial charge in [0.05, 0.1) is 40.6 Å². The van der Waals surface area contributed by atoms with Crippen LogP contribution in [0.5, 0.6) is 5.75 Å². The fourth-order valence-electron chi connectivity index (χ4n) is 4.63. The molecule has 4 rings (SSSR count). The lowest BCUT2D eigenvalue weighted by Crippen LogP contribution is -2.46. The predicted octanol–water partition coefficient (Wildman–Crippen LogP) is 5.38. The number of piperidine rings is 1. The van der Waals surface area contributed by atoms with Crippen LogP contribution < -0.4 is 20.7 Å². The first-order valence-corrected chi connectivity index (χ1v) is 15.0. The Balaban J connectivity index is 1.62. The molecule has 0 bridgehead atoms. The maximum Gasteiger partial charge on any atom is 0.406 e. The number of anilines is 2. The number of hydrogen-bond acceptors (Lipinski definition) is 5. The van der Waals surface area contributed by atoms with Gasteiger partial charge in [-0.05, 0) is 69.1 Å². The van der Waals surface area contributed by atoms with Gasteiger partial charge in [-0.15, -0.1) is 0 Å². The highest BCUT2D eigenvalue weighted by molar-refractivity contribution is 7.70. The van der Waals surface area contributed by atoms with Crippen molar-refractivity contribution in [3.05, 3.63) is 48.2 Å². The third-order valence-electron chi connectivity index (χ3n) is 6.65. The number of aromatic nitrogens is 1. The molecule has 1 aromatic heterocycles. The summed E-state index contributed by atoms with van der Waals surface area (Å²) in [5.74, 6) is 5.55. The minimum atomic E-state index is -4.51. The summed E-state index contributed by atoms with van der Waals surface area (Å²) in [7, 11) is -3.62. The van der Waals surface area contributed by atoms with Gasteiger partial charge in [-0.1, -0.05) is 12.0 Å². The molecular weight excluding hydrogens is 531 g/mol. The summed E-state index contributed by atoms with van der Waals surface area (Å²) >= 11 is 0. The van der Waals surface area contributed by atoms with E-state index in [0.717, 1.165) is 4.57 Å². The van der Waals surface area contributed by atoms with E-state index in [9.17, 15) is 22.1 Å². The molecule has 210 valence electrons. The second-order valence-electron chi connectivity index (χ2n) is 10.1. The van der Waals surface area contributed by atoms with Gasteiger partial charge in [0, 0.05) is 29.5 Å². The monoisotopic (exact) mass is 567 g/mol. The Morgan fingerprint density at radius 3 is 2.69 bits per heavy atom. The van der Waals surface area contributed by atoms with Crippen LogP contribution >= 0.6 is 7.14 Å². The first-order valence-electron chi connectivity index (χ1n) is 13.9. The molecule has 1 saturated heterocycles. The van der Waals surface area contributed by atoms with Crippen molar-refractivity contribution in [2.45, 2.75) is 31.4 Å². The fraction of sp³-hybridized carbons (Fsp3) is 0.429. The molecule has 1 aliphatic rings. The lowest BCUT2D eigenvalue weighted by Gasteiger charge is -2.33. The summed E-state index contributed by atoms with van der Waals surface area (Å²) in [4.78, 5) is 1.89. The lowest BCUT2D eigenvalue weighted by molar-refractivity contribution is -0.140. The van der Waals surface area contributed by atoms with Crippen molar-refractivity contribution in [1.82, 2.24) is 9.47 Å². The van der Waals surface area contributed by atoms with E-state index in [2.05, 4.69) is 22.5 Å². The highest BCUT2D eigenvalue weighted by Gasteiger charge is 2.31. The number of benzene rings is 2. The Labute approximate surface area is 230 Å². The molecule has 0 amide bonds. The van der Waals surface area contributed by atoms with Crippen LogP contribution in [0.1, 0.15) is 16.2 Å². The third-order valence-corrected chi connectivity index (χ3v) is 8.17. The molecule has 2 atom stereocenters. The smallest absolute Gasteiger partial charge is 0.406 e. The van der Waals surface area contributed by atoms with Gasteiger partial charge in [-0.3, -0.25) is 0 Å². The largest absolute Gasteiger partial charge is 0.495 e. The maximum absolute atomic E-state index is 14.7. The van der Waals surface area contributed by atoms with E-state index in [1.165, 1.54) is 12.1 Å². The quantitative estimate of drug-likeness (QED) is 0.228. The second-order valence-corrected chi connectivity index (χ2v) is 13.3. The standard InChI is InChI=1S/C28H33F4N4O2P/c1-35-14-12-24(22(29)17-35)34-23-8-5-9-26-21(23)15-19(36(26)18-28(30,31)32)7-6-13-33-25-11-10-20(39(3,4)37)16-27(25)38-2/h5,8-11,15-16,22,24,33-34H,12-14,17-18H2,1-4H3/t22-,24+/m0/s1/i2D3. The van der Waals surface area contributed by atoms with Crippen LogP contribution in [-0.2, 0) is 11.1 Å². The highest BCUT2D eigenvalue weighted by Crippen LogP contribution is 2.37. The number of methoxy groups -OCH3 is 1. The van der Waals surface area contributed by atoms with E-state index in [-0.39, 0.29) is 30.2 Å². The van der Waals surface area contributed by atoms with Crippen LogP contribution in [-0.4, -0.2) is 74.9 Å². The van der Waals surface area contributed by atoms with Crippen molar-refractivity contribution in [3.8, 4) is 17.6 Å².